The molecule has 1 saturated heterocycles. The molecule has 1 aromatic heterocycles. The van der Waals surface area contributed by atoms with Crippen LogP contribution >= 0.6 is 0 Å². The summed E-state index contributed by atoms with van der Waals surface area (Å²) in [6, 6.07) is 4.79. The summed E-state index contributed by atoms with van der Waals surface area (Å²) in [4.78, 5) is 14.8. The van der Waals surface area contributed by atoms with Crippen molar-refractivity contribution in [3.8, 4) is 0 Å². The Balaban J connectivity index is 1.88. The maximum Gasteiger partial charge on any atom is 0.314 e. The van der Waals surface area contributed by atoms with Crippen LogP contribution in [0.2, 0.25) is 0 Å². The average molecular weight is 335 g/mol. The highest BCUT2D eigenvalue weighted by molar-refractivity contribution is 5.60. The standard InChI is InChI=1S/C16H15F2N3O3/c1-9-4-6-19-16(14(9)21(22)23)20-13-5-7-24-15(13)10-2-3-11(17)12(18)8-10/h2-4,6,8,13,15H,5,7H2,1H3,(H,19,20). The number of nitro groups is 1. The van der Waals surface area contributed by atoms with Gasteiger partial charge in [-0.1, -0.05) is 6.07 Å². The molecular formula is C16H15F2N3O3. The number of ether oxygens (including phenoxy) is 1. The van der Waals surface area contributed by atoms with Gasteiger partial charge in [-0.3, -0.25) is 10.1 Å². The third-order valence-electron chi connectivity index (χ3n) is 3.99. The largest absolute Gasteiger partial charge is 0.371 e. The van der Waals surface area contributed by atoms with Gasteiger partial charge in [0.05, 0.1) is 11.0 Å². The van der Waals surface area contributed by atoms with Crippen LogP contribution in [0.25, 0.3) is 0 Å². The predicted molar refractivity (Wildman–Crippen MR) is 82.7 cm³/mol. The monoisotopic (exact) mass is 335 g/mol. The quantitative estimate of drug-likeness (QED) is 0.683. The van der Waals surface area contributed by atoms with Crippen LogP contribution in [0, 0.1) is 28.7 Å². The van der Waals surface area contributed by atoms with Crippen LogP contribution in [0.5, 0.6) is 0 Å². The fourth-order valence-corrected chi connectivity index (χ4v) is 2.82. The molecule has 1 fully saturated rings. The number of hydrogen-bond acceptors (Lipinski definition) is 5. The molecule has 126 valence electrons. The Bertz CT molecular complexity index is 785. The summed E-state index contributed by atoms with van der Waals surface area (Å²) >= 11 is 0. The lowest BCUT2D eigenvalue weighted by molar-refractivity contribution is -0.384. The Morgan fingerprint density at radius 1 is 1.33 bits per heavy atom. The molecule has 2 unspecified atom stereocenters. The van der Waals surface area contributed by atoms with Gasteiger partial charge in [-0.2, -0.15) is 0 Å². The van der Waals surface area contributed by atoms with Crippen molar-refractivity contribution >= 4 is 11.5 Å². The van der Waals surface area contributed by atoms with Crippen molar-refractivity contribution in [3.63, 3.8) is 0 Å². The van der Waals surface area contributed by atoms with Crippen molar-refractivity contribution in [1.82, 2.24) is 4.98 Å². The van der Waals surface area contributed by atoms with Crippen LogP contribution < -0.4 is 5.32 Å². The van der Waals surface area contributed by atoms with Crippen LogP contribution in [0.15, 0.2) is 30.5 Å². The minimum Gasteiger partial charge on any atom is -0.371 e. The van der Waals surface area contributed by atoms with E-state index in [1.54, 1.807) is 13.0 Å². The number of aromatic nitrogens is 1. The molecule has 2 aromatic rings. The van der Waals surface area contributed by atoms with Crippen molar-refractivity contribution in [2.24, 2.45) is 0 Å². The highest BCUT2D eigenvalue weighted by Gasteiger charge is 2.32. The summed E-state index contributed by atoms with van der Waals surface area (Å²) in [5.41, 5.74) is 0.855. The summed E-state index contributed by atoms with van der Waals surface area (Å²) in [7, 11) is 0. The number of halogens is 2. The smallest absolute Gasteiger partial charge is 0.314 e. The van der Waals surface area contributed by atoms with Crippen LogP contribution in [-0.4, -0.2) is 22.6 Å². The molecule has 2 heterocycles. The van der Waals surface area contributed by atoms with Gasteiger partial charge in [0.1, 0.15) is 6.10 Å². The second-order valence-corrected chi connectivity index (χ2v) is 5.59. The number of rotatable bonds is 4. The van der Waals surface area contributed by atoms with Crippen molar-refractivity contribution in [3.05, 3.63) is 63.3 Å². The van der Waals surface area contributed by atoms with Crippen molar-refractivity contribution in [2.75, 3.05) is 11.9 Å². The fourth-order valence-electron chi connectivity index (χ4n) is 2.82. The number of aryl methyl sites for hydroxylation is 1. The zero-order valence-electron chi connectivity index (χ0n) is 12.8. The molecular weight excluding hydrogens is 320 g/mol. The Morgan fingerprint density at radius 2 is 2.12 bits per heavy atom. The van der Waals surface area contributed by atoms with Crippen molar-refractivity contribution in [1.29, 1.82) is 0 Å². The maximum absolute atomic E-state index is 13.5. The average Bonchev–Trinajstić information content (AvgIpc) is 2.98. The number of nitrogens with one attached hydrogen (secondary N) is 1. The highest BCUT2D eigenvalue weighted by atomic mass is 19.2. The van der Waals surface area contributed by atoms with Gasteiger partial charge in [-0.05, 0) is 37.1 Å². The van der Waals surface area contributed by atoms with E-state index < -0.39 is 22.7 Å². The van der Waals surface area contributed by atoms with E-state index in [9.17, 15) is 18.9 Å². The molecule has 0 bridgehead atoms. The van der Waals surface area contributed by atoms with E-state index in [-0.39, 0.29) is 17.5 Å². The Labute approximate surface area is 136 Å². The lowest BCUT2D eigenvalue weighted by atomic mass is 10.0. The SMILES string of the molecule is Cc1ccnc(NC2CCOC2c2ccc(F)c(F)c2)c1[N+](=O)[O-]. The molecule has 0 radical (unpaired) electrons. The molecule has 1 aromatic carbocycles. The Kier molecular flexibility index (Phi) is 4.39. The van der Waals surface area contributed by atoms with Gasteiger partial charge < -0.3 is 10.1 Å². The molecule has 0 saturated carbocycles. The molecule has 1 N–H and O–H groups in total. The van der Waals surface area contributed by atoms with Crippen LogP contribution in [0.4, 0.5) is 20.3 Å². The lowest BCUT2D eigenvalue weighted by Crippen LogP contribution is -2.24. The molecule has 0 aliphatic carbocycles. The van der Waals surface area contributed by atoms with Crippen LogP contribution in [0.1, 0.15) is 23.7 Å². The topological polar surface area (TPSA) is 77.3 Å². The minimum atomic E-state index is -0.957. The van der Waals surface area contributed by atoms with Crippen molar-refractivity contribution in [2.45, 2.75) is 25.5 Å². The van der Waals surface area contributed by atoms with E-state index >= 15 is 0 Å². The summed E-state index contributed by atoms with van der Waals surface area (Å²) in [6.07, 6.45) is 1.51. The zero-order valence-corrected chi connectivity index (χ0v) is 12.8. The molecule has 8 heteroatoms. The number of pyridine rings is 1. The summed E-state index contributed by atoms with van der Waals surface area (Å²) in [5, 5.41) is 14.3. The molecule has 2 atom stereocenters. The zero-order chi connectivity index (χ0) is 17.3. The van der Waals surface area contributed by atoms with Gasteiger partial charge in [0, 0.05) is 18.4 Å². The van der Waals surface area contributed by atoms with E-state index in [0.29, 0.717) is 24.2 Å². The van der Waals surface area contributed by atoms with E-state index in [2.05, 4.69) is 10.3 Å². The summed E-state index contributed by atoms with van der Waals surface area (Å²) in [6.45, 7) is 2.03. The Hall–Kier alpha value is -2.61. The number of benzene rings is 1. The van der Waals surface area contributed by atoms with Gasteiger partial charge in [0.25, 0.3) is 0 Å². The number of hydrogen-bond donors (Lipinski definition) is 1. The van der Waals surface area contributed by atoms with E-state index in [1.165, 1.54) is 12.3 Å². The number of nitrogens with zero attached hydrogens (tertiary/aromatic N) is 2. The van der Waals surface area contributed by atoms with Gasteiger partial charge in [-0.25, -0.2) is 13.8 Å². The van der Waals surface area contributed by atoms with Crippen molar-refractivity contribution < 1.29 is 18.4 Å². The van der Waals surface area contributed by atoms with E-state index in [1.807, 2.05) is 0 Å². The summed E-state index contributed by atoms with van der Waals surface area (Å²) < 4.78 is 32.2. The first kappa shape index (κ1) is 16.3. The third kappa shape index (κ3) is 3.05. The van der Waals surface area contributed by atoms with Gasteiger partial charge in [0.2, 0.25) is 5.82 Å². The predicted octanol–water partition coefficient (Wildman–Crippen LogP) is 3.52. The van der Waals surface area contributed by atoms with E-state index in [0.717, 1.165) is 12.1 Å². The van der Waals surface area contributed by atoms with Gasteiger partial charge >= 0.3 is 5.69 Å². The van der Waals surface area contributed by atoms with Gasteiger partial charge in [-0.15, -0.1) is 0 Å². The molecule has 3 rings (SSSR count). The molecule has 6 nitrogen and oxygen atoms in total. The minimum absolute atomic E-state index is 0.103. The first-order valence-corrected chi connectivity index (χ1v) is 7.40. The maximum atomic E-state index is 13.5. The fraction of sp³-hybridized carbons (Fsp3) is 0.312. The normalized spacial score (nSPS) is 20.1. The number of anilines is 1. The van der Waals surface area contributed by atoms with Crippen LogP contribution in [-0.2, 0) is 4.74 Å². The second kappa shape index (κ2) is 6.48. The highest BCUT2D eigenvalue weighted by Crippen LogP contribution is 2.34. The molecule has 1 aliphatic heterocycles. The molecule has 0 amide bonds. The Morgan fingerprint density at radius 3 is 2.83 bits per heavy atom. The first-order valence-electron chi connectivity index (χ1n) is 7.40. The summed E-state index contributed by atoms with van der Waals surface area (Å²) in [5.74, 6) is -1.75. The van der Waals surface area contributed by atoms with Gasteiger partial charge in [0.15, 0.2) is 11.6 Å². The van der Waals surface area contributed by atoms with E-state index in [4.69, 9.17) is 4.74 Å². The second-order valence-electron chi connectivity index (χ2n) is 5.59. The molecule has 24 heavy (non-hydrogen) atoms. The molecule has 1 aliphatic rings. The molecule has 0 spiro atoms. The first-order chi connectivity index (χ1) is 11.5. The lowest BCUT2D eigenvalue weighted by Gasteiger charge is -2.21. The van der Waals surface area contributed by atoms with Crippen LogP contribution in [0.3, 0.4) is 0 Å². The third-order valence-corrected chi connectivity index (χ3v) is 3.99.